The number of aldehydes is 1. The molecule has 1 aromatic rings. The standard InChI is InChI=1S/C16H20N2O2/c1-15(2)10-18(11-16(3,4)20-15)14-6-5-12(9-19)7-13(14)8-17/h5-7,9H,10-11H2,1-4H3. The van der Waals surface area contributed by atoms with Crippen molar-refractivity contribution in [3.8, 4) is 6.07 Å². The molecule has 2 rings (SSSR count). The van der Waals surface area contributed by atoms with E-state index in [0.717, 1.165) is 12.0 Å². The van der Waals surface area contributed by atoms with Gasteiger partial charge in [0.15, 0.2) is 0 Å². The molecule has 0 bridgehead atoms. The molecule has 0 unspecified atom stereocenters. The van der Waals surface area contributed by atoms with Crippen molar-refractivity contribution in [3.63, 3.8) is 0 Å². The van der Waals surface area contributed by atoms with Crippen molar-refractivity contribution in [2.24, 2.45) is 0 Å². The Hall–Kier alpha value is -1.86. The molecule has 0 radical (unpaired) electrons. The summed E-state index contributed by atoms with van der Waals surface area (Å²) >= 11 is 0. The number of nitrogens with zero attached hydrogens (tertiary/aromatic N) is 2. The van der Waals surface area contributed by atoms with Crippen LogP contribution in [0, 0.1) is 11.3 Å². The number of ether oxygens (including phenoxy) is 1. The Morgan fingerprint density at radius 2 is 1.85 bits per heavy atom. The van der Waals surface area contributed by atoms with Gasteiger partial charge >= 0.3 is 0 Å². The summed E-state index contributed by atoms with van der Waals surface area (Å²) in [4.78, 5) is 13.0. The van der Waals surface area contributed by atoms with Crippen LogP contribution >= 0.6 is 0 Å². The Balaban J connectivity index is 2.41. The van der Waals surface area contributed by atoms with Gasteiger partial charge in [-0.1, -0.05) is 0 Å². The number of carbonyl (C=O) groups is 1. The normalized spacial score (nSPS) is 20.2. The molecule has 1 heterocycles. The molecule has 4 nitrogen and oxygen atoms in total. The topological polar surface area (TPSA) is 53.3 Å². The number of hydrogen-bond donors (Lipinski definition) is 0. The van der Waals surface area contributed by atoms with E-state index >= 15 is 0 Å². The van der Waals surface area contributed by atoms with E-state index in [4.69, 9.17) is 4.74 Å². The van der Waals surface area contributed by atoms with Crippen molar-refractivity contribution in [2.45, 2.75) is 38.9 Å². The van der Waals surface area contributed by atoms with Gasteiger partial charge in [-0.05, 0) is 45.9 Å². The lowest BCUT2D eigenvalue weighted by Gasteiger charge is -2.48. The zero-order valence-electron chi connectivity index (χ0n) is 12.4. The van der Waals surface area contributed by atoms with Crippen LogP contribution in [0.25, 0.3) is 0 Å². The summed E-state index contributed by atoms with van der Waals surface area (Å²) in [6.07, 6.45) is 0.762. The van der Waals surface area contributed by atoms with Crippen LogP contribution in [0.1, 0.15) is 43.6 Å². The monoisotopic (exact) mass is 272 g/mol. The summed E-state index contributed by atoms with van der Waals surface area (Å²) in [5.41, 5.74) is 1.36. The van der Waals surface area contributed by atoms with Crippen LogP contribution in [-0.4, -0.2) is 30.6 Å². The van der Waals surface area contributed by atoms with Gasteiger partial charge in [-0.15, -0.1) is 0 Å². The largest absolute Gasteiger partial charge is 0.366 e. The van der Waals surface area contributed by atoms with Crippen molar-refractivity contribution >= 4 is 12.0 Å². The molecule has 0 amide bonds. The molecule has 1 aliphatic rings. The highest BCUT2D eigenvalue weighted by Gasteiger charge is 2.38. The Morgan fingerprint density at radius 3 is 2.35 bits per heavy atom. The summed E-state index contributed by atoms with van der Waals surface area (Å²) in [5, 5.41) is 9.31. The number of carbonyl (C=O) groups excluding carboxylic acids is 1. The van der Waals surface area contributed by atoms with E-state index in [0.29, 0.717) is 24.2 Å². The van der Waals surface area contributed by atoms with Crippen LogP contribution < -0.4 is 4.90 Å². The molecule has 0 N–H and O–H groups in total. The summed E-state index contributed by atoms with van der Waals surface area (Å²) in [7, 11) is 0. The van der Waals surface area contributed by atoms with E-state index < -0.39 is 0 Å². The first kappa shape index (κ1) is 14.5. The highest BCUT2D eigenvalue weighted by atomic mass is 16.5. The van der Waals surface area contributed by atoms with E-state index in [1.165, 1.54) is 0 Å². The molecule has 1 aromatic carbocycles. The first-order valence-electron chi connectivity index (χ1n) is 6.71. The minimum absolute atomic E-state index is 0.280. The fourth-order valence-corrected chi connectivity index (χ4v) is 2.95. The van der Waals surface area contributed by atoms with Gasteiger partial charge in [0.1, 0.15) is 12.4 Å². The first-order chi connectivity index (χ1) is 9.26. The summed E-state index contributed by atoms with van der Waals surface area (Å²) in [6, 6.07) is 7.41. The lowest BCUT2D eigenvalue weighted by Crippen LogP contribution is -2.57. The van der Waals surface area contributed by atoms with Crippen LogP contribution in [0.4, 0.5) is 5.69 Å². The van der Waals surface area contributed by atoms with Crippen molar-refractivity contribution in [1.82, 2.24) is 0 Å². The molecule has 0 saturated carbocycles. The first-order valence-corrected chi connectivity index (χ1v) is 6.71. The maximum Gasteiger partial charge on any atom is 0.150 e. The maximum absolute atomic E-state index is 10.8. The van der Waals surface area contributed by atoms with E-state index in [2.05, 4.69) is 11.0 Å². The zero-order valence-corrected chi connectivity index (χ0v) is 12.4. The Kier molecular flexibility index (Phi) is 3.58. The maximum atomic E-state index is 10.8. The molecule has 0 atom stereocenters. The Bertz CT molecular complexity index is 554. The van der Waals surface area contributed by atoms with Crippen LogP contribution in [0.2, 0.25) is 0 Å². The van der Waals surface area contributed by atoms with Gasteiger partial charge in [0.25, 0.3) is 0 Å². The number of benzene rings is 1. The van der Waals surface area contributed by atoms with Crippen LogP contribution in [-0.2, 0) is 4.74 Å². The van der Waals surface area contributed by atoms with Crippen molar-refractivity contribution in [3.05, 3.63) is 29.3 Å². The van der Waals surface area contributed by atoms with Crippen molar-refractivity contribution < 1.29 is 9.53 Å². The third-order valence-electron chi connectivity index (χ3n) is 3.31. The molecule has 0 aliphatic carbocycles. The summed E-state index contributed by atoms with van der Waals surface area (Å²) in [6.45, 7) is 9.62. The predicted molar refractivity (Wildman–Crippen MR) is 78.0 cm³/mol. The second-order valence-electron chi connectivity index (χ2n) is 6.48. The SMILES string of the molecule is CC1(C)CN(c2ccc(C=O)cc2C#N)CC(C)(C)O1. The molecule has 0 aromatic heterocycles. The molecule has 0 spiro atoms. The predicted octanol–water partition coefficient (Wildman–Crippen LogP) is 2.76. The van der Waals surface area contributed by atoms with Gasteiger partial charge in [-0.2, -0.15) is 5.26 Å². The number of nitriles is 1. The summed E-state index contributed by atoms with van der Waals surface area (Å²) < 4.78 is 6.05. The highest BCUT2D eigenvalue weighted by molar-refractivity contribution is 5.78. The molecule has 20 heavy (non-hydrogen) atoms. The van der Waals surface area contributed by atoms with E-state index in [9.17, 15) is 10.1 Å². The fraction of sp³-hybridized carbons (Fsp3) is 0.500. The molecule has 106 valence electrons. The van der Waals surface area contributed by atoms with Gasteiger partial charge in [-0.3, -0.25) is 4.79 Å². The van der Waals surface area contributed by atoms with Crippen LogP contribution in [0.15, 0.2) is 18.2 Å². The molecule has 1 saturated heterocycles. The minimum atomic E-state index is -0.280. The van der Waals surface area contributed by atoms with Gasteiger partial charge in [0.05, 0.1) is 22.5 Å². The van der Waals surface area contributed by atoms with Gasteiger partial charge < -0.3 is 9.64 Å². The average Bonchev–Trinajstić information content (AvgIpc) is 2.34. The van der Waals surface area contributed by atoms with Gasteiger partial charge in [0.2, 0.25) is 0 Å². The van der Waals surface area contributed by atoms with Crippen LogP contribution in [0.3, 0.4) is 0 Å². The fourth-order valence-electron chi connectivity index (χ4n) is 2.95. The number of anilines is 1. The molecule has 1 aliphatic heterocycles. The second-order valence-corrected chi connectivity index (χ2v) is 6.48. The lowest BCUT2D eigenvalue weighted by atomic mass is 9.97. The second kappa shape index (κ2) is 4.92. The Morgan fingerprint density at radius 1 is 1.25 bits per heavy atom. The molecular formula is C16H20N2O2. The quantitative estimate of drug-likeness (QED) is 0.777. The van der Waals surface area contributed by atoms with E-state index in [-0.39, 0.29) is 11.2 Å². The molecule has 4 heteroatoms. The van der Waals surface area contributed by atoms with Gasteiger partial charge in [-0.25, -0.2) is 0 Å². The highest BCUT2D eigenvalue weighted by Crippen LogP contribution is 2.33. The summed E-state index contributed by atoms with van der Waals surface area (Å²) in [5.74, 6) is 0. The minimum Gasteiger partial charge on any atom is -0.366 e. The third-order valence-corrected chi connectivity index (χ3v) is 3.31. The molecular weight excluding hydrogens is 252 g/mol. The number of rotatable bonds is 2. The third kappa shape index (κ3) is 3.00. The van der Waals surface area contributed by atoms with Crippen LogP contribution in [0.5, 0.6) is 0 Å². The van der Waals surface area contributed by atoms with Gasteiger partial charge in [0, 0.05) is 18.7 Å². The average molecular weight is 272 g/mol. The number of morpholine rings is 1. The van der Waals surface area contributed by atoms with Crippen molar-refractivity contribution in [1.29, 1.82) is 5.26 Å². The number of hydrogen-bond acceptors (Lipinski definition) is 4. The lowest BCUT2D eigenvalue weighted by molar-refractivity contribution is -0.133. The van der Waals surface area contributed by atoms with E-state index in [1.54, 1.807) is 12.1 Å². The Labute approximate surface area is 120 Å². The zero-order chi connectivity index (χ0) is 15.0. The molecule has 1 fully saturated rings. The van der Waals surface area contributed by atoms with E-state index in [1.807, 2.05) is 33.8 Å². The van der Waals surface area contributed by atoms with Crippen molar-refractivity contribution in [2.75, 3.05) is 18.0 Å². The smallest absolute Gasteiger partial charge is 0.150 e.